The van der Waals surface area contributed by atoms with Crippen LogP contribution in [-0.2, 0) is 9.47 Å². The zero-order valence-electron chi connectivity index (χ0n) is 12.2. The van der Waals surface area contributed by atoms with Crippen molar-refractivity contribution in [3.8, 4) is 0 Å². The van der Waals surface area contributed by atoms with Crippen LogP contribution >= 0.6 is 0 Å². The Hall–Kier alpha value is -2.08. The fourth-order valence-corrected chi connectivity index (χ4v) is 1.47. The van der Waals surface area contributed by atoms with Crippen LogP contribution in [-0.4, -0.2) is 24.3 Å². The maximum atomic E-state index is 11.9. The van der Waals surface area contributed by atoms with Gasteiger partial charge < -0.3 is 9.47 Å². The number of nitrogens with zero attached hydrogens (tertiary/aromatic N) is 1. The number of rotatable bonds is 3. The Morgan fingerprint density at radius 1 is 1.25 bits per heavy atom. The van der Waals surface area contributed by atoms with Gasteiger partial charge in [0, 0.05) is 0 Å². The molecule has 0 bridgehead atoms. The Morgan fingerprint density at radius 2 is 1.85 bits per heavy atom. The average Bonchev–Trinajstić information content (AvgIpc) is 2.36. The molecule has 0 saturated heterocycles. The van der Waals surface area contributed by atoms with E-state index in [9.17, 15) is 9.59 Å². The average molecular weight is 280 g/mol. The Balaban J connectivity index is 3.01. The SMILES string of the molecule is CCOC(=O)c1ccccc1N(N)C(=O)OC(C)(C)C. The molecule has 1 amide bonds. The predicted molar refractivity (Wildman–Crippen MR) is 75.3 cm³/mol. The van der Waals surface area contributed by atoms with Crippen LogP contribution in [0.25, 0.3) is 0 Å². The van der Waals surface area contributed by atoms with Gasteiger partial charge in [0.1, 0.15) is 5.60 Å². The minimum atomic E-state index is -0.741. The summed E-state index contributed by atoms with van der Waals surface area (Å²) < 4.78 is 10.1. The molecule has 0 fully saturated rings. The van der Waals surface area contributed by atoms with Crippen molar-refractivity contribution in [3.05, 3.63) is 29.8 Å². The van der Waals surface area contributed by atoms with Gasteiger partial charge in [-0.25, -0.2) is 20.4 Å². The standard InChI is InChI=1S/C14H20N2O4/c1-5-19-12(17)10-8-6-7-9-11(10)16(15)13(18)20-14(2,3)4/h6-9H,5,15H2,1-4H3. The van der Waals surface area contributed by atoms with Crippen molar-refractivity contribution in [2.45, 2.75) is 33.3 Å². The van der Waals surface area contributed by atoms with Crippen LogP contribution < -0.4 is 10.9 Å². The second-order valence-electron chi connectivity index (χ2n) is 5.09. The molecule has 1 aromatic rings. The van der Waals surface area contributed by atoms with Gasteiger partial charge in [0.2, 0.25) is 0 Å². The number of ether oxygens (including phenoxy) is 2. The van der Waals surface area contributed by atoms with Gasteiger partial charge in [0.05, 0.1) is 17.9 Å². The molecule has 0 aliphatic carbocycles. The Labute approximate surface area is 118 Å². The fraction of sp³-hybridized carbons (Fsp3) is 0.429. The third kappa shape index (κ3) is 4.24. The summed E-state index contributed by atoms with van der Waals surface area (Å²) >= 11 is 0. The summed E-state index contributed by atoms with van der Waals surface area (Å²) in [6.07, 6.45) is -0.741. The summed E-state index contributed by atoms with van der Waals surface area (Å²) in [6, 6.07) is 6.43. The van der Waals surface area contributed by atoms with Crippen LogP contribution in [0.15, 0.2) is 24.3 Å². The Bertz CT molecular complexity index is 494. The first-order valence-corrected chi connectivity index (χ1v) is 6.30. The van der Waals surface area contributed by atoms with Crippen molar-refractivity contribution in [1.82, 2.24) is 0 Å². The molecule has 0 heterocycles. The molecular weight excluding hydrogens is 260 g/mol. The minimum Gasteiger partial charge on any atom is -0.462 e. The van der Waals surface area contributed by atoms with Gasteiger partial charge >= 0.3 is 12.1 Å². The molecule has 0 spiro atoms. The van der Waals surface area contributed by atoms with E-state index in [1.54, 1.807) is 45.9 Å². The first kappa shape index (κ1) is 16.0. The van der Waals surface area contributed by atoms with E-state index in [1.807, 2.05) is 0 Å². The summed E-state index contributed by atoms with van der Waals surface area (Å²) in [5.74, 6) is 5.19. The van der Waals surface area contributed by atoms with E-state index in [0.29, 0.717) is 0 Å². The van der Waals surface area contributed by atoms with Gasteiger partial charge in [-0.1, -0.05) is 12.1 Å². The number of nitrogens with two attached hydrogens (primary N) is 1. The summed E-state index contributed by atoms with van der Waals surface area (Å²) in [7, 11) is 0. The lowest BCUT2D eigenvalue weighted by molar-refractivity contribution is 0.0526. The number of hydrogen-bond donors (Lipinski definition) is 1. The number of carbonyl (C=O) groups excluding carboxylic acids is 2. The molecule has 0 aliphatic heterocycles. The van der Waals surface area contributed by atoms with Crippen LogP contribution in [0.1, 0.15) is 38.1 Å². The fourth-order valence-electron chi connectivity index (χ4n) is 1.47. The van der Waals surface area contributed by atoms with Crippen LogP contribution in [0.3, 0.4) is 0 Å². The molecule has 0 aliphatic rings. The maximum Gasteiger partial charge on any atom is 0.429 e. The number of amides is 1. The highest BCUT2D eigenvalue weighted by atomic mass is 16.6. The first-order chi connectivity index (χ1) is 9.26. The van der Waals surface area contributed by atoms with Crippen molar-refractivity contribution in [3.63, 3.8) is 0 Å². The number of hydrogen-bond acceptors (Lipinski definition) is 5. The molecule has 0 radical (unpaired) electrons. The first-order valence-electron chi connectivity index (χ1n) is 6.30. The molecular formula is C14H20N2O4. The second kappa shape index (κ2) is 6.38. The maximum absolute atomic E-state index is 11.9. The summed E-state index contributed by atoms with van der Waals surface area (Å²) in [5.41, 5.74) is -0.226. The molecule has 0 saturated carbocycles. The smallest absolute Gasteiger partial charge is 0.429 e. The van der Waals surface area contributed by atoms with E-state index in [4.69, 9.17) is 15.3 Å². The summed E-state index contributed by atoms with van der Waals surface area (Å²) in [4.78, 5) is 23.7. The van der Waals surface area contributed by atoms with Gasteiger partial charge in [0.25, 0.3) is 0 Å². The molecule has 1 rings (SSSR count). The number of esters is 1. The van der Waals surface area contributed by atoms with Gasteiger partial charge in [-0.05, 0) is 39.8 Å². The van der Waals surface area contributed by atoms with Crippen molar-refractivity contribution >= 4 is 17.7 Å². The van der Waals surface area contributed by atoms with Gasteiger partial charge in [0.15, 0.2) is 0 Å². The molecule has 6 heteroatoms. The molecule has 0 aromatic heterocycles. The number of para-hydroxylation sites is 1. The quantitative estimate of drug-likeness (QED) is 0.398. The highest BCUT2D eigenvalue weighted by molar-refractivity contribution is 6.00. The van der Waals surface area contributed by atoms with Crippen molar-refractivity contribution in [2.75, 3.05) is 11.6 Å². The highest BCUT2D eigenvalue weighted by Gasteiger charge is 2.24. The Morgan fingerprint density at radius 3 is 2.40 bits per heavy atom. The normalized spacial score (nSPS) is 10.8. The third-order valence-corrected chi connectivity index (χ3v) is 2.25. The number of hydrazine groups is 1. The van der Waals surface area contributed by atoms with E-state index in [2.05, 4.69) is 0 Å². The zero-order chi connectivity index (χ0) is 15.3. The van der Waals surface area contributed by atoms with Gasteiger partial charge in [-0.2, -0.15) is 0 Å². The molecule has 20 heavy (non-hydrogen) atoms. The zero-order valence-corrected chi connectivity index (χ0v) is 12.2. The van der Waals surface area contributed by atoms with E-state index in [1.165, 1.54) is 6.07 Å². The molecule has 2 N–H and O–H groups in total. The van der Waals surface area contributed by atoms with Crippen molar-refractivity contribution < 1.29 is 19.1 Å². The predicted octanol–water partition coefficient (Wildman–Crippen LogP) is 2.48. The van der Waals surface area contributed by atoms with E-state index < -0.39 is 17.7 Å². The van der Waals surface area contributed by atoms with Crippen molar-refractivity contribution in [1.29, 1.82) is 0 Å². The van der Waals surface area contributed by atoms with Crippen LogP contribution in [0.5, 0.6) is 0 Å². The molecule has 0 atom stereocenters. The Kier molecular flexibility index (Phi) is 5.10. The van der Waals surface area contributed by atoms with E-state index >= 15 is 0 Å². The van der Waals surface area contributed by atoms with Crippen molar-refractivity contribution in [2.24, 2.45) is 5.84 Å². The van der Waals surface area contributed by atoms with Crippen LogP contribution in [0, 0.1) is 0 Å². The highest BCUT2D eigenvalue weighted by Crippen LogP contribution is 2.21. The lowest BCUT2D eigenvalue weighted by Gasteiger charge is -2.25. The number of anilines is 1. The minimum absolute atomic E-state index is 0.211. The number of benzene rings is 1. The lowest BCUT2D eigenvalue weighted by Crippen LogP contribution is -2.42. The van der Waals surface area contributed by atoms with Gasteiger partial charge in [-0.3, -0.25) is 0 Å². The van der Waals surface area contributed by atoms with Crippen LogP contribution in [0.2, 0.25) is 0 Å². The third-order valence-electron chi connectivity index (χ3n) is 2.25. The summed E-state index contributed by atoms with van der Waals surface area (Å²) in [5, 5.41) is 0.803. The second-order valence-corrected chi connectivity index (χ2v) is 5.09. The van der Waals surface area contributed by atoms with E-state index in [0.717, 1.165) is 5.01 Å². The molecule has 6 nitrogen and oxygen atoms in total. The molecule has 110 valence electrons. The van der Waals surface area contributed by atoms with Crippen LogP contribution in [0.4, 0.5) is 10.5 Å². The summed E-state index contributed by atoms with van der Waals surface area (Å²) in [6.45, 7) is 7.14. The largest absolute Gasteiger partial charge is 0.462 e. The van der Waals surface area contributed by atoms with Gasteiger partial charge in [-0.15, -0.1) is 0 Å². The number of carbonyl (C=O) groups is 2. The lowest BCUT2D eigenvalue weighted by atomic mass is 10.1. The van der Waals surface area contributed by atoms with E-state index in [-0.39, 0.29) is 17.9 Å². The molecule has 0 unspecified atom stereocenters. The molecule has 1 aromatic carbocycles. The topological polar surface area (TPSA) is 81.9 Å². The monoisotopic (exact) mass is 280 g/mol.